The van der Waals surface area contributed by atoms with Gasteiger partial charge in [0.2, 0.25) is 0 Å². The summed E-state index contributed by atoms with van der Waals surface area (Å²) in [4.78, 5) is 63.6. The first kappa shape index (κ1) is 97.7. The Morgan fingerprint density at radius 1 is 0.305 bits per heavy atom. The molecular formula is C88H100N10O33. The number of hydrogen-bond donors (Lipinski definition) is 11. The molecule has 13 rings (SSSR count). The highest BCUT2D eigenvalue weighted by Crippen LogP contribution is 2.42. The number of hydrogen-bond acceptors (Lipinski definition) is 33. The van der Waals surface area contributed by atoms with Crippen LogP contribution in [0.15, 0.2) is 228 Å². The number of nitrogens with one attached hydrogen (secondary N) is 1. The van der Waals surface area contributed by atoms with Gasteiger partial charge in [-0.15, -0.1) is 0 Å². The summed E-state index contributed by atoms with van der Waals surface area (Å²) in [5.41, 5.74) is 34.9. The highest BCUT2D eigenvalue weighted by molar-refractivity contribution is 5.74. The molecule has 0 saturated carbocycles. The maximum Gasteiger partial charge on any atom is 0.407 e. The van der Waals surface area contributed by atoms with Gasteiger partial charge in [0, 0.05) is 21.3 Å². The lowest BCUT2D eigenvalue weighted by atomic mass is 9.93. The standard InChI is InChI=1S/C88H100N10O33/c89-96-93-58-67(114-41-48-22-8-1-9-23-48)61(102)55(38-99)121-82(58)126-74-71(118-45-52-30-16-5-17-31-52)63(104)86(130-77(74)80(108)109)124-66-57(40-101)123-84(60(95-98-91)69(66)116-43-50-26-12-3-13-27-50)128-75-72(119-46-53-32-18-6-19-33-53)64(105)87(131-78(75)81(110)111)125-65-56(39-100)122-83(59(94-97-90)68(65)115-42-49-24-10-2-11-25-49)127-73-70(117-44-51-28-14-4-15-29-51)62(103)85(129-76(73)79(106)107)113-37-36-92-88(112)120-47-54-34-20-7-21-35-54/h1-35,55-78,82-87,99-105H,36-47H2,(H,92,112)(H,106,107)(H,108,109)(H,110,111)/t55-,56-,57-,58-,59-,60-,61-,62-,63-,64-,65-,66-,67-,68-,69-,70-,71-,72-,73+,74+,75+,76-,77-,78-,82-,83-,84-,85-,86-,87-/m1/s1. The Morgan fingerprint density at radius 2 is 0.565 bits per heavy atom. The monoisotopic (exact) mass is 1820 g/mol. The first-order chi connectivity index (χ1) is 63.8. The smallest absolute Gasteiger partial charge is 0.407 e. The predicted octanol–water partition coefficient (Wildman–Crippen LogP) is 5.43. The number of carboxylic acids is 3. The fraction of sp³-hybridized carbons (Fsp3) is 0.477. The van der Waals surface area contributed by atoms with Gasteiger partial charge in [-0.05, 0) is 55.5 Å². The number of alkyl carbamates (subject to hydrolysis) is 1. The number of ether oxygens (including phenoxy) is 19. The summed E-state index contributed by atoms with van der Waals surface area (Å²) in [6.45, 7) is -5.76. The van der Waals surface area contributed by atoms with E-state index in [1.807, 2.05) is 0 Å². The normalized spacial score (nSPS) is 32.4. The van der Waals surface area contributed by atoms with E-state index in [4.69, 9.17) is 90.0 Å². The average molecular weight is 1830 g/mol. The van der Waals surface area contributed by atoms with Gasteiger partial charge in [-0.1, -0.05) is 228 Å². The zero-order valence-corrected chi connectivity index (χ0v) is 69.9. The van der Waals surface area contributed by atoms with E-state index in [1.54, 1.807) is 212 Å². The number of benzene rings is 7. The van der Waals surface area contributed by atoms with Crippen LogP contribution in [0.4, 0.5) is 4.79 Å². The van der Waals surface area contributed by atoms with Crippen LogP contribution in [0.1, 0.15) is 38.9 Å². The molecule has 1 amide bonds. The van der Waals surface area contributed by atoms with E-state index < -0.39 is 241 Å². The van der Waals surface area contributed by atoms with Crippen molar-refractivity contribution in [2.75, 3.05) is 33.0 Å². The molecule has 700 valence electrons. The Balaban J connectivity index is 0.796. The van der Waals surface area contributed by atoms with Crippen LogP contribution in [-0.4, -0.2) is 292 Å². The molecule has 6 fully saturated rings. The Bertz CT molecular complexity index is 4870. The molecule has 11 N–H and O–H groups in total. The van der Waals surface area contributed by atoms with Crippen molar-refractivity contribution in [2.24, 2.45) is 15.3 Å². The Morgan fingerprint density at radius 3 is 0.863 bits per heavy atom. The number of azide groups is 3. The lowest BCUT2D eigenvalue weighted by Gasteiger charge is -2.51. The van der Waals surface area contributed by atoms with E-state index in [9.17, 15) is 86.8 Å². The van der Waals surface area contributed by atoms with Crippen molar-refractivity contribution in [3.8, 4) is 0 Å². The summed E-state index contributed by atoms with van der Waals surface area (Å²) < 4.78 is 120. The third-order valence-corrected chi connectivity index (χ3v) is 22.3. The second-order valence-electron chi connectivity index (χ2n) is 30.9. The Hall–Kier alpha value is -10.9. The molecule has 6 aliphatic heterocycles. The second-order valence-corrected chi connectivity index (χ2v) is 30.9. The van der Waals surface area contributed by atoms with Crippen LogP contribution in [0.3, 0.4) is 0 Å². The molecule has 0 aliphatic carbocycles. The van der Waals surface area contributed by atoms with Gasteiger partial charge in [0.1, 0.15) is 128 Å². The quantitative estimate of drug-likeness (QED) is 0.00982. The van der Waals surface area contributed by atoms with Crippen LogP contribution >= 0.6 is 0 Å². The van der Waals surface area contributed by atoms with Crippen LogP contribution in [0.5, 0.6) is 0 Å². The minimum absolute atomic E-state index is 0.0621. The summed E-state index contributed by atoms with van der Waals surface area (Å²) >= 11 is 0. The predicted molar refractivity (Wildman–Crippen MR) is 444 cm³/mol. The number of nitrogens with zero attached hydrogens (tertiary/aromatic N) is 9. The molecule has 0 radical (unpaired) electrons. The first-order valence-corrected chi connectivity index (χ1v) is 41.8. The highest BCUT2D eigenvalue weighted by Gasteiger charge is 2.62. The number of carbonyl (C=O) groups excluding carboxylic acids is 1. The van der Waals surface area contributed by atoms with Crippen molar-refractivity contribution in [1.29, 1.82) is 0 Å². The number of carboxylic acid groups (broad SMARTS) is 3. The van der Waals surface area contributed by atoms with Gasteiger partial charge < -0.3 is 146 Å². The molecule has 7 aromatic rings. The van der Waals surface area contributed by atoms with Crippen molar-refractivity contribution in [3.63, 3.8) is 0 Å². The molecule has 0 bridgehead atoms. The molecule has 131 heavy (non-hydrogen) atoms. The fourth-order valence-electron chi connectivity index (χ4n) is 15.9. The van der Waals surface area contributed by atoms with Gasteiger partial charge >= 0.3 is 24.0 Å². The highest BCUT2D eigenvalue weighted by atomic mass is 16.8. The number of amides is 1. The lowest BCUT2D eigenvalue weighted by molar-refractivity contribution is -0.384. The van der Waals surface area contributed by atoms with Gasteiger partial charge in [-0.3, -0.25) is 0 Å². The zero-order chi connectivity index (χ0) is 92.3. The first-order valence-electron chi connectivity index (χ1n) is 41.8. The van der Waals surface area contributed by atoms with E-state index in [0.29, 0.717) is 38.9 Å². The summed E-state index contributed by atoms with van der Waals surface area (Å²) in [5.74, 6) is -5.33. The molecule has 43 heteroatoms. The fourth-order valence-corrected chi connectivity index (χ4v) is 15.9. The van der Waals surface area contributed by atoms with Gasteiger partial charge in [-0.25, -0.2) is 19.2 Å². The molecule has 0 unspecified atom stereocenters. The van der Waals surface area contributed by atoms with Gasteiger partial charge in [0.25, 0.3) is 0 Å². The molecule has 6 aliphatic rings. The van der Waals surface area contributed by atoms with Gasteiger partial charge in [0.15, 0.2) is 56.1 Å². The molecule has 0 spiro atoms. The van der Waals surface area contributed by atoms with E-state index in [1.165, 1.54) is 0 Å². The Kier molecular flexibility index (Phi) is 36.2. The van der Waals surface area contributed by atoms with Crippen molar-refractivity contribution < 1.29 is 160 Å². The van der Waals surface area contributed by atoms with Crippen LogP contribution < -0.4 is 5.32 Å². The second kappa shape index (κ2) is 48.5. The largest absolute Gasteiger partial charge is 0.479 e. The number of rotatable bonds is 43. The Labute approximate surface area is 747 Å². The van der Waals surface area contributed by atoms with E-state index in [0.717, 1.165) is 0 Å². The summed E-state index contributed by atoms with van der Waals surface area (Å²) in [5, 5.41) is 132. The van der Waals surface area contributed by atoms with E-state index >= 15 is 0 Å². The van der Waals surface area contributed by atoms with Crippen molar-refractivity contribution in [1.82, 2.24) is 5.32 Å². The van der Waals surface area contributed by atoms with Crippen molar-refractivity contribution in [3.05, 3.63) is 283 Å². The summed E-state index contributed by atoms with van der Waals surface area (Å²) in [7, 11) is 0. The molecule has 7 aromatic carbocycles. The molecule has 43 nitrogen and oxygen atoms in total. The number of carbonyl (C=O) groups is 4. The summed E-state index contributed by atoms with van der Waals surface area (Å²) in [6.07, 6.45) is -53.7. The van der Waals surface area contributed by atoms with Crippen LogP contribution in [0.25, 0.3) is 31.3 Å². The molecular weight excluding hydrogens is 1730 g/mol. The van der Waals surface area contributed by atoms with Gasteiger partial charge in [0.05, 0.1) is 72.2 Å². The maximum atomic E-state index is 14.3. The van der Waals surface area contributed by atoms with Gasteiger partial charge in [-0.2, -0.15) is 0 Å². The summed E-state index contributed by atoms with van der Waals surface area (Å²) in [6, 6.07) is 53.8. The third kappa shape index (κ3) is 25.3. The molecule has 6 heterocycles. The number of aliphatic carboxylic acids is 3. The molecule has 30 atom stereocenters. The van der Waals surface area contributed by atoms with E-state index in [-0.39, 0.29) is 46.2 Å². The zero-order valence-electron chi connectivity index (χ0n) is 69.9. The molecule has 6 saturated heterocycles. The minimum atomic E-state index is -2.39. The lowest BCUT2D eigenvalue weighted by Crippen LogP contribution is -2.69. The van der Waals surface area contributed by atoms with Crippen molar-refractivity contribution >= 4 is 24.0 Å². The van der Waals surface area contributed by atoms with Crippen LogP contribution in [0, 0.1) is 0 Å². The van der Waals surface area contributed by atoms with E-state index in [2.05, 4.69) is 35.4 Å². The van der Waals surface area contributed by atoms with Crippen LogP contribution in [-0.2, 0) is 151 Å². The third-order valence-electron chi connectivity index (χ3n) is 22.3. The number of aliphatic hydroxyl groups excluding tert-OH is 7. The maximum absolute atomic E-state index is 14.3. The van der Waals surface area contributed by atoms with Crippen molar-refractivity contribution in [2.45, 2.75) is 230 Å². The number of aliphatic hydroxyl groups is 7. The minimum Gasteiger partial charge on any atom is -0.479 e. The van der Waals surface area contributed by atoms with Crippen LogP contribution in [0.2, 0.25) is 0 Å². The topological polar surface area (TPSA) is 604 Å². The average Bonchev–Trinajstić information content (AvgIpc) is 0.759. The SMILES string of the molecule is [N-]=[N+]=N[C@H]1[C@@H](O[C@H]2[C@H](OCc3ccccc3)[C@@H](O)[C@H](OCCNC(=O)OCc3ccccc3)O[C@H]2C(=O)O)O[C@H](CO)[C@@H](O[C@@H]2O[C@@H](C(=O)O)[C@@H](O[C@H]3O[C@H](CO)[C@@H](O[C@@H]4O[C@@H](C(=O)O)[C@@H](O[C@H]5O[C@H](CO)[C@@H](O)[C@H](OCc6ccccc6)[C@H]5N=[N+]=[N-])[C@H](OCc5ccccc5)[C@H]4O)[C@H](OCc4ccccc4)[C@H]3N=[N+]=[N-])[C@H](OCc3ccccc3)[C@H]2O)[C@@H]1OCc1ccccc1. The molecule has 0 aromatic heterocycles.